The van der Waals surface area contributed by atoms with Gasteiger partial charge in [0.1, 0.15) is 5.75 Å². The van der Waals surface area contributed by atoms with Gasteiger partial charge in [-0.15, -0.1) is 0 Å². The van der Waals surface area contributed by atoms with E-state index in [1.807, 2.05) is 6.07 Å². The number of ether oxygens (including phenoxy) is 1. The SMILES string of the molecule is CC(C)N[C@@]12CCOC[C@@]13CC1(CC[C@H]12)[C@@H](C)c1ccc(O)cc13. The largest absolute Gasteiger partial charge is 0.508 e. The van der Waals surface area contributed by atoms with Crippen LogP contribution in [-0.2, 0) is 10.2 Å². The molecule has 2 N–H and O–H groups in total. The van der Waals surface area contributed by atoms with E-state index in [9.17, 15) is 5.11 Å². The normalized spacial score (nSPS) is 45.3. The van der Waals surface area contributed by atoms with Crippen LogP contribution in [0.5, 0.6) is 5.75 Å². The first-order valence-electron chi connectivity index (χ1n) is 9.64. The molecule has 2 spiro atoms. The van der Waals surface area contributed by atoms with Crippen molar-refractivity contribution in [3.05, 3.63) is 29.3 Å². The molecule has 4 aliphatic rings. The number of nitrogens with one attached hydrogen (secondary N) is 1. The molecule has 3 fully saturated rings. The monoisotopic (exact) mass is 327 g/mol. The van der Waals surface area contributed by atoms with Gasteiger partial charge in [0, 0.05) is 23.6 Å². The van der Waals surface area contributed by atoms with Crippen LogP contribution in [0.2, 0.25) is 0 Å². The van der Waals surface area contributed by atoms with Gasteiger partial charge in [-0.2, -0.15) is 0 Å². The molecule has 1 unspecified atom stereocenters. The molecule has 24 heavy (non-hydrogen) atoms. The van der Waals surface area contributed by atoms with E-state index in [4.69, 9.17) is 4.74 Å². The van der Waals surface area contributed by atoms with Crippen molar-refractivity contribution in [2.24, 2.45) is 11.3 Å². The topological polar surface area (TPSA) is 41.5 Å². The smallest absolute Gasteiger partial charge is 0.115 e. The molecule has 0 aromatic heterocycles. The van der Waals surface area contributed by atoms with Gasteiger partial charge in [-0.05, 0) is 66.2 Å². The molecule has 5 rings (SSSR count). The summed E-state index contributed by atoms with van der Waals surface area (Å²) in [5, 5.41) is 14.3. The highest BCUT2D eigenvalue weighted by Crippen LogP contribution is 2.77. The number of benzene rings is 1. The Kier molecular flexibility index (Phi) is 2.89. The molecule has 0 radical (unpaired) electrons. The summed E-state index contributed by atoms with van der Waals surface area (Å²) in [5.74, 6) is 1.71. The molecule has 1 aliphatic heterocycles. The highest BCUT2D eigenvalue weighted by Gasteiger charge is 2.77. The second kappa shape index (κ2) is 4.56. The Morgan fingerprint density at radius 2 is 2.12 bits per heavy atom. The predicted molar refractivity (Wildman–Crippen MR) is 94.4 cm³/mol. The van der Waals surface area contributed by atoms with Crippen molar-refractivity contribution in [1.29, 1.82) is 0 Å². The molecule has 1 saturated heterocycles. The number of phenols is 1. The summed E-state index contributed by atoms with van der Waals surface area (Å²) >= 11 is 0. The number of fused-ring (bicyclic) bond motifs is 2. The standard InChI is InChI=1S/C21H29NO2/c1-13(2)22-21-8-9-24-12-20(21)11-19(7-6-18(19)21)14(3)16-5-4-15(23)10-17(16)20/h4-5,10,13-14,18,22-23H,6-9,11-12H2,1-3H3/t14-,18+,19?,20+,21+/m0/s1. The lowest BCUT2D eigenvalue weighted by atomic mass is 9.51. The van der Waals surface area contributed by atoms with E-state index in [-0.39, 0.29) is 11.0 Å². The van der Waals surface area contributed by atoms with Crippen LogP contribution in [-0.4, -0.2) is 29.9 Å². The lowest BCUT2D eigenvalue weighted by Gasteiger charge is -2.56. The molecule has 2 saturated carbocycles. The van der Waals surface area contributed by atoms with Crippen molar-refractivity contribution < 1.29 is 9.84 Å². The number of aromatic hydroxyl groups is 1. The molecule has 130 valence electrons. The number of rotatable bonds is 2. The maximum absolute atomic E-state index is 10.2. The first-order chi connectivity index (χ1) is 11.5. The highest BCUT2D eigenvalue weighted by molar-refractivity contribution is 5.53. The third-order valence-corrected chi connectivity index (χ3v) is 8.09. The predicted octanol–water partition coefficient (Wildman–Crippen LogP) is 3.70. The summed E-state index contributed by atoms with van der Waals surface area (Å²) in [5.41, 5.74) is 3.41. The summed E-state index contributed by atoms with van der Waals surface area (Å²) in [6.07, 6.45) is 5.01. The van der Waals surface area contributed by atoms with Gasteiger partial charge >= 0.3 is 0 Å². The van der Waals surface area contributed by atoms with Crippen molar-refractivity contribution in [1.82, 2.24) is 5.32 Å². The minimum atomic E-state index is 0.0251. The first-order valence-corrected chi connectivity index (χ1v) is 9.64. The van der Waals surface area contributed by atoms with E-state index < -0.39 is 0 Å². The van der Waals surface area contributed by atoms with Crippen molar-refractivity contribution in [2.45, 2.75) is 69.4 Å². The van der Waals surface area contributed by atoms with Crippen molar-refractivity contribution in [3.8, 4) is 5.75 Å². The minimum Gasteiger partial charge on any atom is -0.508 e. The molecule has 1 aromatic rings. The Bertz CT molecular complexity index is 701. The maximum atomic E-state index is 10.2. The lowest BCUT2D eigenvalue weighted by molar-refractivity contribution is -0.0558. The zero-order valence-electron chi connectivity index (χ0n) is 15.1. The average molecular weight is 327 g/mol. The summed E-state index contributed by atoms with van der Waals surface area (Å²) in [6.45, 7) is 8.64. The van der Waals surface area contributed by atoms with Gasteiger partial charge in [0.2, 0.25) is 0 Å². The van der Waals surface area contributed by atoms with Gasteiger partial charge < -0.3 is 15.2 Å². The molecule has 1 heterocycles. The fraction of sp³-hybridized carbons (Fsp3) is 0.714. The number of hydrogen-bond donors (Lipinski definition) is 2. The van der Waals surface area contributed by atoms with Crippen molar-refractivity contribution in [3.63, 3.8) is 0 Å². The van der Waals surface area contributed by atoms with Crippen LogP contribution in [0, 0.1) is 11.3 Å². The van der Waals surface area contributed by atoms with Crippen molar-refractivity contribution in [2.75, 3.05) is 13.2 Å². The van der Waals surface area contributed by atoms with Crippen LogP contribution >= 0.6 is 0 Å². The van der Waals surface area contributed by atoms with Crippen LogP contribution < -0.4 is 5.32 Å². The van der Waals surface area contributed by atoms with Crippen LogP contribution in [0.4, 0.5) is 0 Å². The Morgan fingerprint density at radius 3 is 2.83 bits per heavy atom. The Balaban J connectivity index is 1.80. The third-order valence-electron chi connectivity index (χ3n) is 8.09. The zero-order valence-corrected chi connectivity index (χ0v) is 15.1. The zero-order chi connectivity index (χ0) is 16.7. The van der Waals surface area contributed by atoms with Gasteiger partial charge in [-0.25, -0.2) is 0 Å². The van der Waals surface area contributed by atoms with E-state index in [2.05, 4.69) is 38.2 Å². The molecule has 5 atom stereocenters. The van der Waals surface area contributed by atoms with Crippen LogP contribution in [0.15, 0.2) is 18.2 Å². The number of phenolic OH excluding ortho intramolecular Hbond substituents is 1. The molecular weight excluding hydrogens is 298 g/mol. The van der Waals surface area contributed by atoms with E-state index in [0.717, 1.165) is 25.6 Å². The maximum Gasteiger partial charge on any atom is 0.115 e. The fourth-order valence-corrected chi connectivity index (χ4v) is 7.29. The second-order valence-electron chi connectivity index (χ2n) is 9.15. The first kappa shape index (κ1) is 15.2. The summed E-state index contributed by atoms with van der Waals surface area (Å²) < 4.78 is 6.10. The van der Waals surface area contributed by atoms with Crippen LogP contribution in [0.1, 0.15) is 63.5 Å². The second-order valence-corrected chi connectivity index (χ2v) is 9.15. The van der Waals surface area contributed by atoms with Gasteiger partial charge in [0.25, 0.3) is 0 Å². The highest BCUT2D eigenvalue weighted by atomic mass is 16.5. The lowest BCUT2D eigenvalue weighted by Crippen LogP contribution is -2.67. The third kappa shape index (κ3) is 1.48. The number of hydrogen-bond acceptors (Lipinski definition) is 3. The van der Waals surface area contributed by atoms with E-state index >= 15 is 0 Å². The van der Waals surface area contributed by atoms with E-state index in [1.165, 1.54) is 30.4 Å². The van der Waals surface area contributed by atoms with Gasteiger partial charge in [0.05, 0.1) is 6.61 Å². The summed E-state index contributed by atoms with van der Waals surface area (Å²) in [6, 6.07) is 6.58. The minimum absolute atomic E-state index is 0.0251. The van der Waals surface area contributed by atoms with Crippen LogP contribution in [0.25, 0.3) is 0 Å². The van der Waals surface area contributed by atoms with Gasteiger partial charge in [0.15, 0.2) is 0 Å². The Morgan fingerprint density at radius 1 is 1.29 bits per heavy atom. The molecule has 2 bridgehead atoms. The Labute approximate surface area is 144 Å². The molecule has 0 amide bonds. The molecule has 3 heteroatoms. The fourth-order valence-electron chi connectivity index (χ4n) is 7.29. The van der Waals surface area contributed by atoms with Gasteiger partial charge in [-0.1, -0.05) is 26.8 Å². The summed E-state index contributed by atoms with van der Waals surface area (Å²) in [4.78, 5) is 0. The summed E-state index contributed by atoms with van der Waals surface area (Å²) in [7, 11) is 0. The van der Waals surface area contributed by atoms with E-state index in [0.29, 0.717) is 23.1 Å². The van der Waals surface area contributed by atoms with Gasteiger partial charge in [-0.3, -0.25) is 0 Å². The molecule has 3 nitrogen and oxygen atoms in total. The van der Waals surface area contributed by atoms with Crippen LogP contribution in [0.3, 0.4) is 0 Å². The van der Waals surface area contributed by atoms with E-state index in [1.54, 1.807) is 0 Å². The Hall–Kier alpha value is -1.06. The quantitative estimate of drug-likeness (QED) is 0.870. The molecular formula is C21H29NO2. The molecule has 3 aliphatic carbocycles. The van der Waals surface area contributed by atoms with Crippen molar-refractivity contribution >= 4 is 0 Å². The average Bonchev–Trinajstić information content (AvgIpc) is 2.66. The molecule has 1 aromatic carbocycles.